The first-order valence-electron chi connectivity index (χ1n) is 34.6. The number of benzene rings is 2. The van der Waals surface area contributed by atoms with Crippen molar-refractivity contribution in [1.29, 1.82) is 0 Å². The third kappa shape index (κ3) is 20.7. The molecule has 6 aliphatic rings. The number of carbonyl (C=O) groups is 10. The van der Waals surface area contributed by atoms with Gasteiger partial charge in [-0.1, -0.05) is 151 Å². The molecule has 0 saturated carbocycles. The molecule has 2 aromatic carbocycles. The van der Waals surface area contributed by atoms with Crippen molar-refractivity contribution in [1.82, 2.24) is 16.0 Å². The monoisotopic (exact) mass is 1440 g/mol. The second kappa shape index (κ2) is 37.4. The van der Waals surface area contributed by atoms with Gasteiger partial charge in [0.25, 0.3) is 11.8 Å². The van der Waals surface area contributed by atoms with Crippen LogP contribution in [0.15, 0.2) is 177 Å². The molecular weight excluding hydrogens is 1350 g/mol. The summed E-state index contributed by atoms with van der Waals surface area (Å²) in [7, 11) is 0. The summed E-state index contributed by atoms with van der Waals surface area (Å²) >= 11 is 0.667. The number of phenols is 2. The van der Waals surface area contributed by atoms with Gasteiger partial charge in [0.2, 0.25) is 23.1 Å². The first-order chi connectivity index (χ1) is 48.9. The number of nitrogens with one attached hydrogen (secondary N) is 3. The summed E-state index contributed by atoms with van der Waals surface area (Å²) in [5.74, 6) is -13.6. The quantitative estimate of drug-likeness (QED) is 0.0979. The Labute approximate surface area is 611 Å². The molecule has 11 N–H and O–H groups in total. The van der Waals surface area contributed by atoms with E-state index in [2.05, 4.69) is 16.0 Å². The highest BCUT2D eigenvalue weighted by Crippen LogP contribution is 2.41. The number of ketones is 8. The number of carbonyl (C=O) groups excluding carboxylic acids is 10. The van der Waals surface area contributed by atoms with E-state index in [1.54, 1.807) is 116 Å². The van der Waals surface area contributed by atoms with Gasteiger partial charge in [-0.2, -0.15) is 0 Å². The van der Waals surface area contributed by atoms with Crippen molar-refractivity contribution in [3.63, 3.8) is 0 Å². The second-order valence-corrected chi connectivity index (χ2v) is 28.5. The Morgan fingerprint density at radius 3 is 1.24 bits per heavy atom. The number of aliphatic hydroxyl groups excluding tert-OH is 6. The number of fused-ring (bicyclic) bond motifs is 36. The molecule has 0 radical (unpaired) electrons. The van der Waals surface area contributed by atoms with Crippen molar-refractivity contribution in [3.8, 4) is 11.5 Å². The van der Waals surface area contributed by atoms with E-state index in [0.29, 0.717) is 22.9 Å². The molecule has 2 aromatic rings. The molecule has 8 rings (SSSR count). The van der Waals surface area contributed by atoms with Gasteiger partial charge in [-0.3, -0.25) is 47.9 Å². The van der Waals surface area contributed by atoms with Crippen molar-refractivity contribution in [2.75, 3.05) is 12.3 Å². The third-order valence-corrected chi connectivity index (χ3v) is 20.0. The molecule has 2 amide bonds. The lowest BCUT2D eigenvalue weighted by Crippen LogP contribution is -2.40. The molecular formula is C82H97N3O18S. The van der Waals surface area contributed by atoms with Crippen LogP contribution in [0.5, 0.6) is 11.5 Å². The summed E-state index contributed by atoms with van der Waals surface area (Å²) in [6.45, 7) is 21.2. The number of aliphatic hydroxyl groups is 6. The Bertz CT molecular complexity index is 3980. The largest absolute Gasteiger partial charge is 0.507 e. The number of aromatic hydroxyl groups is 2. The molecule has 0 spiro atoms. The average Bonchev–Trinajstić information content (AvgIpc) is 0.744. The van der Waals surface area contributed by atoms with Crippen molar-refractivity contribution in [2.45, 2.75) is 159 Å². The molecule has 22 heteroatoms. The summed E-state index contributed by atoms with van der Waals surface area (Å²) in [5.41, 5.74) is -3.98. The minimum Gasteiger partial charge on any atom is -0.507 e. The lowest BCUT2D eigenvalue weighted by atomic mass is 9.82. The molecule has 8 bridgehead atoms. The molecule has 21 nitrogen and oxygen atoms in total. The maximum absolute atomic E-state index is 15.4. The first-order valence-corrected chi connectivity index (χ1v) is 35.6. The zero-order chi connectivity index (χ0) is 77.5. The molecule has 0 unspecified atom stereocenters. The normalized spacial score (nSPS) is 31.3. The Hall–Kier alpha value is -9.39. The van der Waals surface area contributed by atoms with Gasteiger partial charge in [0.05, 0.1) is 58.2 Å². The molecule has 0 fully saturated rings. The maximum atomic E-state index is 15.4. The van der Waals surface area contributed by atoms with E-state index < -0.39 is 181 Å². The number of hydrogen-bond acceptors (Lipinski definition) is 20. The lowest BCUT2D eigenvalue weighted by Gasteiger charge is -2.26. The first kappa shape index (κ1) is 83.6. The summed E-state index contributed by atoms with van der Waals surface area (Å²) in [6, 6.07) is 2.40. The Morgan fingerprint density at radius 1 is 0.423 bits per heavy atom. The van der Waals surface area contributed by atoms with Crippen LogP contribution in [-0.2, 0) is 19.2 Å². The van der Waals surface area contributed by atoms with Crippen LogP contribution in [-0.4, -0.2) is 148 Å². The summed E-state index contributed by atoms with van der Waals surface area (Å²) in [4.78, 5) is 145. The topological polar surface area (TPSA) is 369 Å². The van der Waals surface area contributed by atoms with Gasteiger partial charge >= 0.3 is 0 Å². The fourth-order valence-electron chi connectivity index (χ4n) is 11.9. The zero-order valence-electron chi connectivity index (χ0n) is 61.3. The Balaban J connectivity index is 1.47. The van der Waals surface area contributed by atoms with Crippen LogP contribution in [0.3, 0.4) is 0 Å². The van der Waals surface area contributed by atoms with Crippen LogP contribution in [0.4, 0.5) is 0 Å². The Morgan fingerprint density at radius 2 is 0.817 bits per heavy atom. The van der Waals surface area contributed by atoms with Gasteiger partial charge in [-0.25, -0.2) is 0 Å². The van der Waals surface area contributed by atoms with E-state index in [0.717, 1.165) is 0 Å². The van der Waals surface area contributed by atoms with E-state index in [9.17, 15) is 69.6 Å². The van der Waals surface area contributed by atoms with Gasteiger partial charge in [0, 0.05) is 88.5 Å². The third-order valence-electron chi connectivity index (χ3n) is 18.9. The van der Waals surface area contributed by atoms with Crippen molar-refractivity contribution in [3.05, 3.63) is 221 Å². The molecule has 554 valence electrons. The number of hydrogen-bond donors (Lipinski definition) is 11. The minimum atomic E-state index is -1.16. The minimum absolute atomic E-state index is 0.00461. The van der Waals surface area contributed by atoms with Crippen LogP contribution >= 0.6 is 11.8 Å². The van der Waals surface area contributed by atoms with Gasteiger partial charge in [-0.05, 0) is 114 Å². The van der Waals surface area contributed by atoms with Crippen LogP contribution in [0.25, 0.3) is 0 Å². The van der Waals surface area contributed by atoms with Crippen molar-refractivity contribution in [2.24, 2.45) is 35.5 Å². The zero-order valence-corrected chi connectivity index (χ0v) is 62.1. The molecule has 0 aromatic heterocycles. The van der Waals surface area contributed by atoms with Crippen LogP contribution < -0.4 is 16.0 Å². The molecule has 12 atom stereocenters. The number of allylic oxidation sites excluding steroid dienone is 16. The predicted molar refractivity (Wildman–Crippen MR) is 399 cm³/mol. The van der Waals surface area contributed by atoms with E-state index in [4.69, 9.17) is 0 Å². The standard InChI is InChI=1S/C82H97N3O18S/c1-41-21-17-15-19-23-47(7)81(102)84-68-67(78(100)63-57(76(68)98)37-53(13)74(96)65(63)72(94)51(11)35-49(9)70(92)45(5)27-31-55(86)29-25-43(3)61(90)39-59(41)88)83-33-34-104-80-69-77(99)58-38-54(14)75(97)66(64(58)79(80)101)73(95)52(12)36-50(10)71(93)46(6)28-32-56(87)30-26-44(4)62(91)40-60(89)42(2)22-18-16-20-24-48(8)82(103)85-69/h15-28,31-32,35-38,41-42,45-46,49-50,55-56,59-60,70-71,83,86-89,92-93,96-97H,29-30,33-34,39-40H2,1-14H3,(H,84,102)(H,85,103)/b19-15-,20-16-,21-17-,22-18-,31-27-,32-28-,43-25-,44-26-,47-23-,48-24-,51-35-,52-36-/t41-,42-,45-,46-,49-,50-,55-,56-,59-,60-,70-,71-/m0/s1. The number of aryl methyl sites for hydroxylation is 2. The smallest absolute Gasteiger partial charge is 0.251 e. The highest BCUT2D eigenvalue weighted by atomic mass is 32.2. The second-order valence-electron chi connectivity index (χ2n) is 27.4. The molecule has 4 heterocycles. The van der Waals surface area contributed by atoms with Crippen molar-refractivity contribution >= 4 is 69.8 Å². The highest BCUT2D eigenvalue weighted by molar-refractivity contribution is 8.04. The number of rotatable bonds is 5. The van der Waals surface area contributed by atoms with E-state index in [1.807, 2.05) is 0 Å². The number of amides is 2. The predicted octanol–water partition coefficient (Wildman–Crippen LogP) is 10.2. The van der Waals surface area contributed by atoms with Crippen LogP contribution in [0.1, 0.15) is 182 Å². The van der Waals surface area contributed by atoms with E-state index in [1.165, 1.54) is 102 Å². The van der Waals surface area contributed by atoms with Gasteiger partial charge in [-0.15, -0.1) is 11.8 Å². The SMILES string of the molecule is C/C1=C/C[C@H](O)/C=C\[C@H](C)[C@H](O)[C@@H](C)/C=C(/C)C(=O)c2c(O)c(C)cc3c2C(=O)C(NCCSC2=C4NC(=O)\C(C)=C/C=C\C=C/[C@H](C)[C@@H](O)CC(=O)/C(C)=C\C[C@H](O)/C=C\[C@H](C)[C@H](O)[C@@H](C)/C=C(/C)C(=O)c5c(O)c(C)cc(c5C2=O)C4=O)=C(NC(=O)\C(C)=C/C=C\C=C/[C@H](C)[C@@H](O)CC1=O)C3=O. The van der Waals surface area contributed by atoms with Gasteiger partial charge in [0.1, 0.15) is 28.6 Å². The molecule has 2 aliphatic carbocycles. The average molecular weight is 1440 g/mol. The van der Waals surface area contributed by atoms with E-state index in [-0.39, 0.29) is 87.5 Å². The van der Waals surface area contributed by atoms with Crippen LogP contribution in [0, 0.1) is 49.4 Å². The molecule has 104 heavy (non-hydrogen) atoms. The molecule has 4 aliphatic heterocycles. The Kier molecular flexibility index (Phi) is 30.0. The van der Waals surface area contributed by atoms with Crippen molar-refractivity contribution < 1.29 is 88.8 Å². The fourth-order valence-corrected chi connectivity index (χ4v) is 12.9. The number of phenolic OH excluding ortho intramolecular Hbond substituents is 2. The summed E-state index contributed by atoms with van der Waals surface area (Å²) in [6.07, 6.45) is 20.5. The maximum Gasteiger partial charge on any atom is 0.251 e. The van der Waals surface area contributed by atoms with Gasteiger partial charge in [0.15, 0.2) is 23.1 Å². The summed E-state index contributed by atoms with van der Waals surface area (Å²) in [5, 5.41) is 98.2. The summed E-state index contributed by atoms with van der Waals surface area (Å²) < 4.78 is 0. The van der Waals surface area contributed by atoms with Gasteiger partial charge < -0.3 is 56.8 Å². The lowest BCUT2D eigenvalue weighted by molar-refractivity contribution is -0.118. The number of thioether (sulfide) groups is 1. The molecule has 0 saturated heterocycles. The number of Topliss-reactive ketones (excluding diaryl/α,β-unsaturated/α-hetero) is 8. The fraction of sp³-hybridized carbons (Fsp3) is 0.390. The van der Waals surface area contributed by atoms with Crippen LogP contribution in [0.2, 0.25) is 0 Å². The van der Waals surface area contributed by atoms with E-state index >= 15 is 19.2 Å². The highest BCUT2D eigenvalue weighted by Gasteiger charge is 2.42.